The van der Waals surface area contributed by atoms with E-state index in [4.69, 9.17) is 0 Å². The average Bonchev–Trinajstić information content (AvgIpc) is 2.54. The molecule has 1 aromatic carbocycles. The normalized spacial score (nSPS) is 18.3. The third-order valence-corrected chi connectivity index (χ3v) is 9.08. The second kappa shape index (κ2) is 8.48. The molecule has 1 aliphatic carbocycles. The van der Waals surface area contributed by atoms with Crippen molar-refractivity contribution < 1.29 is 9.36 Å². The number of hydrogen-bond donors (Lipinski definition) is 0. The zero-order valence-electron chi connectivity index (χ0n) is 15.9. The Balaban J connectivity index is 2.39. The maximum atomic E-state index is 14.0. The maximum Gasteiger partial charge on any atom is 0.222 e. The Morgan fingerprint density at radius 3 is 2.17 bits per heavy atom. The first-order valence-electron chi connectivity index (χ1n) is 9.61. The van der Waals surface area contributed by atoms with Crippen LogP contribution in [0.5, 0.6) is 0 Å². The fourth-order valence-corrected chi connectivity index (χ4v) is 7.78. The first-order chi connectivity index (χ1) is 11.4. The van der Waals surface area contributed by atoms with Gasteiger partial charge in [0.2, 0.25) is 5.52 Å². The molecule has 1 fully saturated rings. The zero-order valence-corrected chi connectivity index (χ0v) is 16.8. The fourth-order valence-electron chi connectivity index (χ4n) is 4.25. The van der Waals surface area contributed by atoms with E-state index in [0.717, 1.165) is 61.6 Å². The van der Waals surface area contributed by atoms with Gasteiger partial charge in [-0.3, -0.25) is 4.79 Å². The third kappa shape index (κ3) is 4.20. The van der Waals surface area contributed by atoms with E-state index in [-0.39, 0.29) is 11.2 Å². The van der Waals surface area contributed by atoms with Gasteiger partial charge in [0.15, 0.2) is 7.14 Å². The summed E-state index contributed by atoms with van der Waals surface area (Å²) in [5.74, 6) is 0. The van der Waals surface area contributed by atoms with Gasteiger partial charge >= 0.3 is 0 Å². The van der Waals surface area contributed by atoms with E-state index in [9.17, 15) is 9.36 Å². The summed E-state index contributed by atoms with van der Waals surface area (Å²) in [6, 6.07) is 4.11. The number of rotatable bonds is 7. The van der Waals surface area contributed by atoms with Crippen LogP contribution in [-0.2, 0) is 4.57 Å². The molecule has 1 atom stereocenters. The van der Waals surface area contributed by atoms with Crippen LogP contribution in [0.3, 0.4) is 0 Å². The van der Waals surface area contributed by atoms with Gasteiger partial charge in [0.05, 0.1) is 0 Å². The van der Waals surface area contributed by atoms with Crippen molar-refractivity contribution in [1.82, 2.24) is 0 Å². The van der Waals surface area contributed by atoms with E-state index in [2.05, 4.69) is 26.0 Å². The molecule has 1 saturated carbocycles. The minimum absolute atomic E-state index is 0.0273. The fraction of sp³-hybridized carbons (Fsp3) is 0.667. The van der Waals surface area contributed by atoms with Gasteiger partial charge in [0, 0.05) is 17.4 Å². The molecule has 0 amide bonds. The maximum absolute atomic E-state index is 14.0. The molecule has 0 aromatic heterocycles. The van der Waals surface area contributed by atoms with Crippen LogP contribution in [0.2, 0.25) is 0 Å². The molecule has 24 heavy (non-hydrogen) atoms. The minimum Gasteiger partial charge on any atom is -0.315 e. The summed E-state index contributed by atoms with van der Waals surface area (Å²) in [4.78, 5) is 13.4. The van der Waals surface area contributed by atoms with E-state index in [0.29, 0.717) is 6.16 Å². The molecule has 0 heterocycles. The number of unbranched alkanes of at least 4 members (excludes halogenated alkanes) is 2. The molecule has 1 aliphatic rings. The second-order valence-corrected chi connectivity index (χ2v) is 10.8. The Morgan fingerprint density at radius 1 is 1.04 bits per heavy atom. The molecule has 0 saturated heterocycles. The molecule has 1 aromatic rings. The molecule has 134 valence electrons. The third-order valence-electron chi connectivity index (χ3n) is 5.49. The van der Waals surface area contributed by atoms with Crippen LogP contribution in [0.4, 0.5) is 0 Å². The molecule has 0 aliphatic heterocycles. The summed E-state index contributed by atoms with van der Waals surface area (Å²) in [6.45, 7) is 8.19. The Morgan fingerprint density at radius 2 is 1.62 bits per heavy atom. The summed E-state index contributed by atoms with van der Waals surface area (Å²) >= 11 is 0. The summed E-state index contributed by atoms with van der Waals surface area (Å²) in [5.41, 5.74) is 3.98. The molecular formula is C21H33O2P. The molecule has 0 N–H and O–H groups in total. The van der Waals surface area contributed by atoms with Crippen LogP contribution in [0, 0.1) is 20.8 Å². The van der Waals surface area contributed by atoms with Crippen LogP contribution in [0.1, 0.15) is 85.3 Å². The van der Waals surface area contributed by atoms with Crippen molar-refractivity contribution in [1.29, 1.82) is 0 Å². The standard InChI is InChI=1S/C21H33O2P/c1-5-6-10-13-24(23,19-11-8-7-9-12-19)21(22)20-17(3)14-16(2)15-18(20)4/h14-15,19H,5-13H2,1-4H3. The average molecular weight is 348 g/mol. The quantitative estimate of drug-likeness (QED) is 0.409. The molecule has 2 rings (SSSR count). The molecule has 0 radical (unpaired) electrons. The van der Waals surface area contributed by atoms with E-state index < -0.39 is 7.14 Å². The van der Waals surface area contributed by atoms with Crippen molar-refractivity contribution in [2.45, 2.75) is 84.7 Å². The van der Waals surface area contributed by atoms with Gasteiger partial charge < -0.3 is 4.57 Å². The highest BCUT2D eigenvalue weighted by atomic mass is 31.2. The van der Waals surface area contributed by atoms with Gasteiger partial charge in [-0.2, -0.15) is 0 Å². The van der Waals surface area contributed by atoms with Crippen molar-refractivity contribution in [3.63, 3.8) is 0 Å². The lowest BCUT2D eigenvalue weighted by molar-refractivity contribution is 0.107. The SMILES string of the molecule is CCCCCP(=O)(C(=O)c1c(C)cc(C)cc1C)C1CCCCC1. The summed E-state index contributed by atoms with van der Waals surface area (Å²) in [7, 11) is -2.85. The second-order valence-electron chi connectivity index (χ2n) is 7.60. The monoisotopic (exact) mass is 348 g/mol. The van der Waals surface area contributed by atoms with Crippen molar-refractivity contribution in [3.8, 4) is 0 Å². The molecule has 1 unspecified atom stereocenters. The largest absolute Gasteiger partial charge is 0.315 e. The van der Waals surface area contributed by atoms with Crippen LogP contribution in [0.15, 0.2) is 12.1 Å². The Bertz CT molecular complexity index is 604. The van der Waals surface area contributed by atoms with E-state index in [1.165, 1.54) is 12.0 Å². The topological polar surface area (TPSA) is 34.1 Å². The molecular weight excluding hydrogens is 315 g/mol. The highest BCUT2D eigenvalue weighted by Crippen LogP contribution is 2.59. The van der Waals surface area contributed by atoms with Crippen LogP contribution in [-0.4, -0.2) is 17.3 Å². The van der Waals surface area contributed by atoms with Gasteiger partial charge in [-0.05, 0) is 51.2 Å². The predicted octanol–water partition coefficient (Wildman–Crippen LogP) is 6.64. The summed E-state index contributed by atoms with van der Waals surface area (Å²) in [6.07, 6.45) is 9.11. The first-order valence-corrected chi connectivity index (χ1v) is 11.6. The minimum atomic E-state index is -2.85. The van der Waals surface area contributed by atoms with E-state index >= 15 is 0 Å². The smallest absolute Gasteiger partial charge is 0.222 e. The molecule has 0 bridgehead atoms. The number of carbonyl (C=O) groups excluding carboxylic acids is 1. The highest BCUT2D eigenvalue weighted by Gasteiger charge is 2.41. The molecule has 3 heteroatoms. The zero-order chi connectivity index (χ0) is 17.7. The van der Waals surface area contributed by atoms with E-state index in [1.807, 2.05) is 13.8 Å². The lowest BCUT2D eigenvalue weighted by Gasteiger charge is -2.30. The van der Waals surface area contributed by atoms with Gasteiger partial charge in [0.25, 0.3) is 0 Å². The van der Waals surface area contributed by atoms with Crippen LogP contribution >= 0.6 is 7.14 Å². The first kappa shape index (κ1) is 19.4. The predicted molar refractivity (Wildman–Crippen MR) is 104 cm³/mol. The van der Waals surface area contributed by atoms with Gasteiger partial charge in [-0.25, -0.2) is 0 Å². The number of carbonyl (C=O) groups is 1. The number of hydrogen-bond acceptors (Lipinski definition) is 2. The number of benzene rings is 1. The van der Waals surface area contributed by atoms with Crippen molar-refractivity contribution in [2.24, 2.45) is 0 Å². The Labute approximate surface area is 147 Å². The van der Waals surface area contributed by atoms with Gasteiger partial charge in [-0.1, -0.05) is 56.7 Å². The van der Waals surface area contributed by atoms with Gasteiger partial charge in [0.1, 0.15) is 0 Å². The highest BCUT2D eigenvalue weighted by molar-refractivity contribution is 7.81. The van der Waals surface area contributed by atoms with E-state index in [1.54, 1.807) is 0 Å². The number of aryl methyl sites for hydroxylation is 3. The van der Waals surface area contributed by atoms with Crippen molar-refractivity contribution in [3.05, 3.63) is 34.4 Å². The van der Waals surface area contributed by atoms with Gasteiger partial charge in [-0.15, -0.1) is 0 Å². The van der Waals surface area contributed by atoms with Crippen LogP contribution < -0.4 is 0 Å². The summed E-state index contributed by atoms with van der Waals surface area (Å²) < 4.78 is 14.0. The summed E-state index contributed by atoms with van der Waals surface area (Å²) in [5, 5.41) is 0. The van der Waals surface area contributed by atoms with Crippen molar-refractivity contribution in [2.75, 3.05) is 6.16 Å². The lowest BCUT2D eigenvalue weighted by atomic mass is 10.0. The van der Waals surface area contributed by atoms with Crippen LogP contribution in [0.25, 0.3) is 0 Å². The molecule has 0 spiro atoms. The molecule has 2 nitrogen and oxygen atoms in total. The Kier molecular flexibility index (Phi) is 6.87. The Hall–Kier alpha value is -0.880. The lowest BCUT2D eigenvalue weighted by Crippen LogP contribution is -2.21. The van der Waals surface area contributed by atoms with Crippen molar-refractivity contribution >= 4 is 12.7 Å².